The van der Waals surface area contributed by atoms with Crippen molar-refractivity contribution in [1.82, 2.24) is 15.6 Å². The van der Waals surface area contributed by atoms with Crippen molar-refractivity contribution in [1.29, 1.82) is 0 Å². The van der Waals surface area contributed by atoms with E-state index in [0.717, 1.165) is 23.1 Å². The van der Waals surface area contributed by atoms with Gasteiger partial charge in [0.25, 0.3) is 0 Å². The summed E-state index contributed by atoms with van der Waals surface area (Å²) in [6.07, 6.45) is 2.41. The van der Waals surface area contributed by atoms with Gasteiger partial charge in [0.1, 0.15) is 5.01 Å². The molecule has 1 aromatic heterocycles. The molecule has 4 nitrogen and oxygen atoms in total. The lowest BCUT2D eigenvalue weighted by atomic mass is 10.2. The number of hydrogen-bond acceptors (Lipinski definition) is 5. The van der Waals surface area contributed by atoms with E-state index in [9.17, 15) is 4.79 Å². The first-order valence-corrected chi connectivity index (χ1v) is 7.70. The molecule has 94 valence electrons. The van der Waals surface area contributed by atoms with Gasteiger partial charge in [0.2, 0.25) is 5.91 Å². The lowest BCUT2D eigenvalue weighted by molar-refractivity contribution is -0.121. The second-order valence-corrected chi connectivity index (χ2v) is 6.54. The molecule has 1 amide bonds. The summed E-state index contributed by atoms with van der Waals surface area (Å²) < 4.78 is 0. The Labute approximate surface area is 110 Å². The average molecular weight is 271 g/mol. The molecule has 1 aliphatic heterocycles. The third-order valence-electron chi connectivity index (χ3n) is 2.54. The molecular weight excluding hydrogens is 254 g/mol. The smallest absolute Gasteiger partial charge is 0.221 e. The van der Waals surface area contributed by atoms with Crippen LogP contribution in [0.5, 0.6) is 0 Å². The van der Waals surface area contributed by atoms with Crippen LogP contribution in [0, 0.1) is 6.92 Å². The summed E-state index contributed by atoms with van der Waals surface area (Å²) in [6.45, 7) is 3.58. The SMILES string of the molecule is Cc1cnc(CNC(=O)CC2CSCCN2)s1. The van der Waals surface area contributed by atoms with Crippen LogP contribution in [0.4, 0.5) is 0 Å². The van der Waals surface area contributed by atoms with Crippen molar-refractivity contribution in [3.63, 3.8) is 0 Å². The Balaban J connectivity index is 1.70. The minimum Gasteiger partial charge on any atom is -0.350 e. The number of amides is 1. The number of thiazole rings is 1. The zero-order valence-electron chi connectivity index (χ0n) is 9.86. The van der Waals surface area contributed by atoms with Crippen LogP contribution in [-0.4, -0.2) is 35.0 Å². The lowest BCUT2D eigenvalue weighted by Crippen LogP contribution is -2.41. The summed E-state index contributed by atoms with van der Waals surface area (Å²) in [5.41, 5.74) is 0. The molecule has 1 atom stereocenters. The molecule has 2 N–H and O–H groups in total. The van der Waals surface area contributed by atoms with Crippen molar-refractivity contribution in [2.75, 3.05) is 18.1 Å². The number of carbonyl (C=O) groups is 1. The van der Waals surface area contributed by atoms with Crippen LogP contribution in [0.1, 0.15) is 16.3 Å². The van der Waals surface area contributed by atoms with E-state index in [-0.39, 0.29) is 5.91 Å². The van der Waals surface area contributed by atoms with Crippen molar-refractivity contribution < 1.29 is 4.79 Å². The second-order valence-electron chi connectivity index (χ2n) is 4.07. The summed E-state index contributed by atoms with van der Waals surface area (Å²) in [4.78, 5) is 17.1. The summed E-state index contributed by atoms with van der Waals surface area (Å²) in [6, 6.07) is 0.326. The van der Waals surface area contributed by atoms with Crippen molar-refractivity contribution in [2.24, 2.45) is 0 Å². The number of aryl methyl sites for hydroxylation is 1. The average Bonchev–Trinajstić information content (AvgIpc) is 2.74. The van der Waals surface area contributed by atoms with Gasteiger partial charge in [-0.2, -0.15) is 11.8 Å². The van der Waals surface area contributed by atoms with Crippen LogP contribution in [0.2, 0.25) is 0 Å². The van der Waals surface area contributed by atoms with Gasteiger partial charge < -0.3 is 10.6 Å². The Hall–Kier alpha value is -0.590. The number of thioether (sulfide) groups is 1. The van der Waals surface area contributed by atoms with Crippen LogP contribution in [0.15, 0.2) is 6.20 Å². The zero-order chi connectivity index (χ0) is 12.1. The number of nitrogens with one attached hydrogen (secondary N) is 2. The monoisotopic (exact) mass is 271 g/mol. The third kappa shape index (κ3) is 4.29. The van der Waals surface area contributed by atoms with Crippen LogP contribution in [0.25, 0.3) is 0 Å². The normalized spacial score (nSPS) is 20.2. The Morgan fingerprint density at radius 3 is 3.24 bits per heavy atom. The van der Waals surface area contributed by atoms with E-state index in [1.165, 1.54) is 4.88 Å². The van der Waals surface area contributed by atoms with Crippen molar-refractivity contribution in [3.8, 4) is 0 Å². The molecule has 1 unspecified atom stereocenters. The van der Waals surface area contributed by atoms with E-state index in [1.54, 1.807) is 11.3 Å². The highest BCUT2D eigenvalue weighted by atomic mass is 32.2. The topological polar surface area (TPSA) is 54.0 Å². The van der Waals surface area contributed by atoms with Gasteiger partial charge in [0, 0.05) is 41.6 Å². The lowest BCUT2D eigenvalue weighted by Gasteiger charge is -2.22. The van der Waals surface area contributed by atoms with E-state index < -0.39 is 0 Å². The maximum absolute atomic E-state index is 11.7. The first kappa shape index (κ1) is 12.9. The summed E-state index contributed by atoms with van der Waals surface area (Å²) in [7, 11) is 0. The Morgan fingerprint density at radius 1 is 1.71 bits per heavy atom. The minimum absolute atomic E-state index is 0.109. The molecular formula is C11H17N3OS2. The quantitative estimate of drug-likeness (QED) is 0.863. The van der Waals surface area contributed by atoms with Crippen molar-refractivity contribution in [2.45, 2.75) is 25.9 Å². The van der Waals surface area contributed by atoms with Gasteiger partial charge in [-0.25, -0.2) is 4.98 Å². The van der Waals surface area contributed by atoms with E-state index in [1.807, 2.05) is 24.9 Å². The molecule has 0 spiro atoms. The predicted octanol–water partition coefficient (Wildman–Crippen LogP) is 1.16. The molecule has 1 aliphatic rings. The highest BCUT2D eigenvalue weighted by Gasteiger charge is 2.16. The van der Waals surface area contributed by atoms with Gasteiger partial charge in [-0.05, 0) is 6.92 Å². The van der Waals surface area contributed by atoms with Crippen molar-refractivity contribution in [3.05, 3.63) is 16.1 Å². The maximum Gasteiger partial charge on any atom is 0.221 e. The fraction of sp³-hybridized carbons (Fsp3) is 0.636. The van der Waals surface area contributed by atoms with E-state index in [4.69, 9.17) is 0 Å². The molecule has 2 rings (SSSR count). The Kier molecular flexibility index (Phi) is 4.82. The molecule has 0 bridgehead atoms. The van der Waals surface area contributed by atoms with Gasteiger partial charge in [-0.3, -0.25) is 4.79 Å². The fourth-order valence-corrected chi connectivity index (χ4v) is 3.38. The molecule has 0 saturated carbocycles. The first-order valence-electron chi connectivity index (χ1n) is 5.73. The number of aromatic nitrogens is 1. The molecule has 1 saturated heterocycles. The molecule has 0 aromatic carbocycles. The standard InChI is InChI=1S/C11H17N3OS2/c1-8-5-14-11(17-8)6-13-10(15)4-9-7-16-3-2-12-9/h5,9,12H,2-4,6-7H2,1H3,(H,13,15). The highest BCUT2D eigenvalue weighted by molar-refractivity contribution is 7.99. The Bertz CT molecular complexity index is 375. The molecule has 0 radical (unpaired) electrons. The molecule has 6 heteroatoms. The summed E-state index contributed by atoms with van der Waals surface area (Å²) in [5, 5.41) is 7.25. The predicted molar refractivity (Wildman–Crippen MR) is 72.4 cm³/mol. The number of hydrogen-bond donors (Lipinski definition) is 2. The molecule has 1 aromatic rings. The maximum atomic E-state index is 11.7. The van der Waals surface area contributed by atoms with Gasteiger partial charge in [-0.1, -0.05) is 0 Å². The van der Waals surface area contributed by atoms with Crippen LogP contribution in [-0.2, 0) is 11.3 Å². The van der Waals surface area contributed by atoms with Crippen LogP contribution in [0.3, 0.4) is 0 Å². The number of rotatable bonds is 4. The summed E-state index contributed by atoms with van der Waals surface area (Å²) >= 11 is 3.54. The van der Waals surface area contributed by atoms with Crippen LogP contribution >= 0.6 is 23.1 Å². The summed E-state index contributed by atoms with van der Waals surface area (Å²) in [5.74, 6) is 2.29. The van der Waals surface area contributed by atoms with Crippen molar-refractivity contribution >= 4 is 29.0 Å². The van der Waals surface area contributed by atoms with Gasteiger partial charge in [0.05, 0.1) is 6.54 Å². The van der Waals surface area contributed by atoms with Crippen LogP contribution < -0.4 is 10.6 Å². The van der Waals surface area contributed by atoms with E-state index in [0.29, 0.717) is 19.0 Å². The third-order valence-corrected chi connectivity index (χ3v) is 4.58. The van der Waals surface area contributed by atoms with E-state index >= 15 is 0 Å². The molecule has 2 heterocycles. The molecule has 0 aliphatic carbocycles. The molecule has 1 fully saturated rings. The largest absolute Gasteiger partial charge is 0.350 e. The fourth-order valence-electron chi connectivity index (χ4n) is 1.70. The molecule has 17 heavy (non-hydrogen) atoms. The highest BCUT2D eigenvalue weighted by Crippen LogP contribution is 2.12. The second kappa shape index (κ2) is 6.37. The number of nitrogens with zero attached hydrogens (tertiary/aromatic N) is 1. The zero-order valence-corrected chi connectivity index (χ0v) is 11.5. The first-order chi connectivity index (χ1) is 8.24. The van der Waals surface area contributed by atoms with E-state index in [2.05, 4.69) is 15.6 Å². The van der Waals surface area contributed by atoms with Gasteiger partial charge in [0.15, 0.2) is 0 Å². The Morgan fingerprint density at radius 2 is 2.59 bits per heavy atom. The number of carbonyl (C=O) groups excluding carboxylic acids is 1. The van der Waals surface area contributed by atoms with Gasteiger partial charge >= 0.3 is 0 Å². The minimum atomic E-state index is 0.109. The van der Waals surface area contributed by atoms with Gasteiger partial charge in [-0.15, -0.1) is 11.3 Å².